The average molecular weight is 320 g/mol. The SMILES string of the molecule is COc1cc2c(c(OC)c1OC)[C@@H](c1ccsc1)CC(=O)O2. The smallest absolute Gasteiger partial charge is 0.312 e. The monoisotopic (exact) mass is 320 g/mol. The number of hydrogen-bond acceptors (Lipinski definition) is 6. The standard InChI is InChI=1S/C16H16O5S/c1-18-12-7-11-14(16(20-3)15(12)19-2)10(6-13(17)21-11)9-4-5-22-8-9/h4-5,7-8,10H,6H2,1-3H3/t10-/m1/s1. The molecule has 0 saturated heterocycles. The Morgan fingerprint density at radius 2 is 1.95 bits per heavy atom. The highest BCUT2D eigenvalue weighted by molar-refractivity contribution is 7.08. The number of carbonyl (C=O) groups is 1. The van der Waals surface area contributed by atoms with Crippen LogP contribution < -0.4 is 18.9 Å². The third kappa shape index (κ3) is 2.29. The fourth-order valence-electron chi connectivity index (χ4n) is 2.76. The van der Waals surface area contributed by atoms with Gasteiger partial charge >= 0.3 is 5.97 Å². The van der Waals surface area contributed by atoms with Crippen LogP contribution in [0.3, 0.4) is 0 Å². The summed E-state index contributed by atoms with van der Waals surface area (Å²) in [6, 6.07) is 3.68. The van der Waals surface area contributed by atoms with Gasteiger partial charge in [0, 0.05) is 17.5 Å². The van der Waals surface area contributed by atoms with E-state index in [9.17, 15) is 4.79 Å². The van der Waals surface area contributed by atoms with Gasteiger partial charge in [0.15, 0.2) is 11.5 Å². The molecule has 5 nitrogen and oxygen atoms in total. The van der Waals surface area contributed by atoms with E-state index in [4.69, 9.17) is 18.9 Å². The molecule has 3 rings (SSSR count). The van der Waals surface area contributed by atoms with Gasteiger partial charge in [-0.05, 0) is 22.4 Å². The summed E-state index contributed by atoms with van der Waals surface area (Å²) in [5.74, 6) is 1.59. The number of rotatable bonds is 4. The van der Waals surface area contributed by atoms with Crippen LogP contribution in [0.2, 0.25) is 0 Å². The van der Waals surface area contributed by atoms with Crippen molar-refractivity contribution in [2.75, 3.05) is 21.3 Å². The molecular formula is C16H16O5S. The third-order valence-electron chi connectivity index (χ3n) is 3.72. The lowest BCUT2D eigenvalue weighted by Crippen LogP contribution is -2.21. The minimum atomic E-state index is -0.266. The van der Waals surface area contributed by atoms with Gasteiger partial charge in [-0.2, -0.15) is 11.3 Å². The number of benzene rings is 1. The Hall–Kier alpha value is -2.21. The summed E-state index contributed by atoms with van der Waals surface area (Å²) in [5.41, 5.74) is 1.88. The first-order valence-corrected chi connectivity index (χ1v) is 7.69. The summed E-state index contributed by atoms with van der Waals surface area (Å²) in [6.45, 7) is 0. The molecule has 2 aromatic rings. The molecule has 1 aromatic carbocycles. The van der Waals surface area contributed by atoms with E-state index in [1.807, 2.05) is 16.8 Å². The van der Waals surface area contributed by atoms with E-state index in [1.165, 1.54) is 7.11 Å². The molecule has 0 N–H and O–H groups in total. The molecule has 0 unspecified atom stereocenters. The largest absolute Gasteiger partial charge is 0.493 e. The molecule has 2 heterocycles. The molecular weight excluding hydrogens is 304 g/mol. The van der Waals surface area contributed by atoms with Crippen LogP contribution in [0.5, 0.6) is 23.0 Å². The van der Waals surface area contributed by atoms with E-state index in [1.54, 1.807) is 31.6 Å². The number of methoxy groups -OCH3 is 3. The first-order valence-electron chi connectivity index (χ1n) is 6.75. The van der Waals surface area contributed by atoms with Crippen molar-refractivity contribution in [1.29, 1.82) is 0 Å². The van der Waals surface area contributed by atoms with Crippen LogP contribution >= 0.6 is 11.3 Å². The number of carbonyl (C=O) groups excluding carboxylic acids is 1. The number of fused-ring (bicyclic) bond motifs is 1. The second-order valence-corrected chi connectivity index (χ2v) is 5.62. The van der Waals surface area contributed by atoms with Gasteiger partial charge in [-0.15, -0.1) is 0 Å². The second-order valence-electron chi connectivity index (χ2n) is 4.84. The molecule has 0 fully saturated rings. The Morgan fingerprint density at radius 3 is 2.55 bits per heavy atom. The maximum absolute atomic E-state index is 12.0. The summed E-state index contributed by atoms with van der Waals surface area (Å²) in [4.78, 5) is 12.0. The van der Waals surface area contributed by atoms with Crippen molar-refractivity contribution in [1.82, 2.24) is 0 Å². The van der Waals surface area contributed by atoms with Crippen molar-refractivity contribution >= 4 is 17.3 Å². The lowest BCUT2D eigenvalue weighted by atomic mass is 9.87. The quantitative estimate of drug-likeness (QED) is 0.639. The maximum Gasteiger partial charge on any atom is 0.312 e. The highest BCUT2D eigenvalue weighted by atomic mass is 32.1. The number of hydrogen-bond donors (Lipinski definition) is 0. The Kier molecular flexibility index (Phi) is 3.94. The van der Waals surface area contributed by atoms with Gasteiger partial charge < -0.3 is 18.9 Å². The van der Waals surface area contributed by atoms with Gasteiger partial charge in [0.05, 0.1) is 27.8 Å². The lowest BCUT2D eigenvalue weighted by Gasteiger charge is -2.27. The summed E-state index contributed by atoms with van der Waals surface area (Å²) in [6.07, 6.45) is 0.273. The number of thiophene rings is 1. The molecule has 22 heavy (non-hydrogen) atoms. The van der Waals surface area contributed by atoms with Gasteiger partial charge in [-0.1, -0.05) is 0 Å². The van der Waals surface area contributed by atoms with Crippen molar-refractivity contribution in [2.45, 2.75) is 12.3 Å². The van der Waals surface area contributed by atoms with Gasteiger partial charge in [-0.25, -0.2) is 0 Å². The fraction of sp³-hybridized carbons (Fsp3) is 0.312. The average Bonchev–Trinajstić information content (AvgIpc) is 3.06. The predicted molar refractivity (Wildman–Crippen MR) is 82.5 cm³/mol. The van der Waals surface area contributed by atoms with Crippen LogP contribution in [0.1, 0.15) is 23.5 Å². The van der Waals surface area contributed by atoms with Crippen LogP contribution in [0.4, 0.5) is 0 Å². The molecule has 0 amide bonds. The van der Waals surface area contributed by atoms with E-state index in [2.05, 4.69) is 0 Å². The Balaban J connectivity index is 2.25. The highest BCUT2D eigenvalue weighted by Gasteiger charge is 2.35. The number of esters is 1. The third-order valence-corrected chi connectivity index (χ3v) is 4.42. The first-order chi connectivity index (χ1) is 10.7. The molecule has 0 aliphatic carbocycles. The Bertz CT molecular complexity index is 693. The second kappa shape index (κ2) is 5.88. The fourth-order valence-corrected chi connectivity index (χ4v) is 3.48. The zero-order valence-electron chi connectivity index (χ0n) is 12.5. The summed E-state index contributed by atoms with van der Waals surface area (Å²) in [5, 5.41) is 4.02. The Labute approximate surface area is 132 Å². The van der Waals surface area contributed by atoms with Crippen molar-refractivity contribution in [2.24, 2.45) is 0 Å². The van der Waals surface area contributed by atoms with Crippen molar-refractivity contribution < 1.29 is 23.7 Å². The minimum absolute atomic E-state index is 0.114. The number of ether oxygens (including phenoxy) is 4. The summed E-state index contributed by atoms with van der Waals surface area (Å²) >= 11 is 1.59. The van der Waals surface area contributed by atoms with Crippen molar-refractivity contribution in [3.63, 3.8) is 0 Å². The first kappa shape index (κ1) is 14.7. The van der Waals surface area contributed by atoms with Gasteiger partial charge in [0.25, 0.3) is 0 Å². The van der Waals surface area contributed by atoms with Crippen molar-refractivity contribution in [3.05, 3.63) is 34.0 Å². The lowest BCUT2D eigenvalue weighted by molar-refractivity contribution is -0.135. The van der Waals surface area contributed by atoms with E-state index in [0.29, 0.717) is 23.0 Å². The molecule has 1 aliphatic rings. The molecule has 1 aromatic heterocycles. The van der Waals surface area contributed by atoms with Gasteiger partial charge in [0.2, 0.25) is 5.75 Å². The highest BCUT2D eigenvalue weighted by Crippen LogP contribution is 2.52. The summed E-state index contributed by atoms with van der Waals surface area (Å²) in [7, 11) is 4.66. The van der Waals surface area contributed by atoms with Crippen molar-refractivity contribution in [3.8, 4) is 23.0 Å². The van der Waals surface area contributed by atoms with E-state index in [0.717, 1.165) is 11.1 Å². The molecule has 6 heteroatoms. The van der Waals surface area contributed by atoms with E-state index < -0.39 is 0 Å². The molecule has 1 aliphatic heterocycles. The molecule has 0 radical (unpaired) electrons. The van der Waals surface area contributed by atoms with Crippen LogP contribution in [0.15, 0.2) is 22.9 Å². The Morgan fingerprint density at radius 1 is 1.18 bits per heavy atom. The maximum atomic E-state index is 12.0. The zero-order valence-corrected chi connectivity index (χ0v) is 13.4. The van der Waals surface area contributed by atoms with E-state index in [-0.39, 0.29) is 18.3 Å². The van der Waals surface area contributed by atoms with Crippen LogP contribution in [-0.4, -0.2) is 27.3 Å². The predicted octanol–water partition coefficient (Wildman–Crippen LogP) is 3.21. The molecule has 0 saturated carbocycles. The normalized spacial score (nSPS) is 16.7. The van der Waals surface area contributed by atoms with Crippen LogP contribution in [0, 0.1) is 0 Å². The topological polar surface area (TPSA) is 54.0 Å². The zero-order chi connectivity index (χ0) is 15.7. The molecule has 116 valence electrons. The molecule has 0 spiro atoms. The van der Waals surface area contributed by atoms with Crippen LogP contribution in [-0.2, 0) is 4.79 Å². The van der Waals surface area contributed by atoms with E-state index >= 15 is 0 Å². The molecule has 1 atom stereocenters. The molecule has 0 bridgehead atoms. The van der Waals surface area contributed by atoms with Crippen LogP contribution in [0.25, 0.3) is 0 Å². The summed E-state index contributed by atoms with van der Waals surface area (Å²) < 4.78 is 21.7. The van der Waals surface area contributed by atoms with Gasteiger partial charge in [-0.3, -0.25) is 4.79 Å². The van der Waals surface area contributed by atoms with Gasteiger partial charge in [0.1, 0.15) is 5.75 Å². The minimum Gasteiger partial charge on any atom is -0.493 e.